The minimum absolute atomic E-state index is 0.0831. The van der Waals surface area contributed by atoms with Crippen LogP contribution in [0.4, 0.5) is 0 Å². The van der Waals surface area contributed by atoms with E-state index >= 15 is 0 Å². The average Bonchev–Trinajstić information content (AvgIpc) is 3.01. The van der Waals surface area contributed by atoms with Gasteiger partial charge in [0.05, 0.1) is 0 Å². The lowest BCUT2D eigenvalue weighted by molar-refractivity contribution is 0.557. The van der Waals surface area contributed by atoms with E-state index in [2.05, 4.69) is 17.0 Å². The molecule has 114 valence electrons. The minimum atomic E-state index is -3.37. The molecule has 2 unspecified atom stereocenters. The average molecular weight is 335 g/mol. The number of thioether (sulfide) groups is 1. The lowest BCUT2D eigenvalue weighted by Crippen LogP contribution is -2.38. The van der Waals surface area contributed by atoms with Crippen molar-refractivity contribution in [1.29, 1.82) is 0 Å². The Kier molecular flexibility index (Phi) is 5.92. The van der Waals surface area contributed by atoms with Crippen LogP contribution in [0.1, 0.15) is 31.1 Å². The van der Waals surface area contributed by atoms with Crippen LogP contribution in [0.3, 0.4) is 0 Å². The molecule has 0 aliphatic heterocycles. The molecule has 1 aromatic heterocycles. The van der Waals surface area contributed by atoms with Gasteiger partial charge in [0.15, 0.2) is 0 Å². The third kappa shape index (κ3) is 3.98. The van der Waals surface area contributed by atoms with Crippen molar-refractivity contribution in [3.8, 4) is 0 Å². The predicted octanol–water partition coefficient (Wildman–Crippen LogP) is 2.42. The molecule has 0 amide bonds. The predicted molar refractivity (Wildman–Crippen MR) is 87.0 cm³/mol. The quantitative estimate of drug-likeness (QED) is 0.804. The first kappa shape index (κ1) is 16.3. The summed E-state index contributed by atoms with van der Waals surface area (Å²) in [7, 11) is -1.51. The molecule has 1 saturated carbocycles. The van der Waals surface area contributed by atoms with Gasteiger partial charge in [-0.05, 0) is 37.8 Å². The molecule has 0 radical (unpaired) electrons. The maximum absolute atomic E-state index is 12.4. The summed E-state index contributed by atoms with van der Waals surface area (Å²) in [6.45, 7) is 2.83. The first-order chi connectivity index (χ1) is 9.56. The molecule has 2 atom stereocenters. The molecule has 1 aromatic rings. The molecule has 0 aromatic carbocycles. The fourth-order valence-corrected chi connectivity index (χ4v) is 6.48. The van der Waals surface area contributed by atoms with E-state index in [9.17, 15) is 8.42 Å². The van der Waals surface area contributed by atoms with Gasteiger partial charge in [-0.2, -0.15) is 11.8 Å². The summed E-state index contributed by atoms with van der Waals surface area (Å²) in [4.78, 5) is 1.04. The molecule has 20 heavy (non-hydrogen) atoms. The molecule has 1 aliphatic carbocycles. The molecule has 2 N–H and O–H groups in total. The van der Waals surface area contributed by atoms with E-state index < -0.39 is 10.0 Å². The number of rotatable bonds is 7. The summed E-state index contributed by atoms with van der Waals surface area (Å²) >= 11 is 3.21. The van der Waals surface area contributed by atoms with Gasteiger partial charge < -0.3 is 5.32 Å². The maximum Gasteiger partial charge on any atom is 0.250 e. The number of hydrogen-bond donors (Lipinski definition) is 2. The Hall–Kier alpha value is -0.0800. The lowest BCUT2D eigenvalue weighted by atomic mass is 10.3. The normalized spacial score (nSPS) is 23.3. The highest BCUT2D eigenvalue weighted by Crippen LogP contribution is 2.31. The monoisotopic (exact) mass is 334 g/mol. The van der Waals surface area contributed by atoms with Crippen LogP contribution in [0.5, 0.6) is 0 Å². The van der Waals surface area contributed by atoms with Crippen LogP contribution in [0.2, 0.25) is 0 Å². The number of hydrogen-bond acceptors (Lipinski definition) is 5. The minimum Gasteiger partial charge on any atom is -0.315 e. The first-order valence-electron chi connectivity index (χ1n) is 6.94. The van der Waals surface area contributed by atoms with Gasteiger partial charge in [0.1, 0.15) is 4.21 Å². The van der Waals surface area contributed by atoms with Gasteiger partial charge in [0.2, 0.25) is 10.0 Å². The van der Waals surface area contributed by atoms with Gasteiger partial charge in [-0.15, -0.1) is 11.3 Å². The Balaban J connectivity index is 2.06. The second kappa shape index (κ2) is 7.26. The Morgan fingerprint density at radius 3 is 2.90 bits per heavy atom. The van der Waals surface area contributed by atoms with Crippen molar-refractivity contribution in [3.63, 3.8) is 0 Å². The van der Waals surface area contributed by atoms with Gasteiger partial charge in [0, 0.05) is 22.7 Å². The molecular formula is C13H22N2O2S3. The number of thiophene rings is 1. The smallest absolute Gasteiger partial charge is 0.250 e. The Bertz CT molecular complexity index is 527. The summed E-state index contributed by atoms with van der Waals surface area (Å²) in [5.74, 6) is 1.04. The largest absolute Gasteiger partial charge is 0.315 e. The zero-order valence-corrected chi connectivity index (χ0v) is 14.3. The summed E-state index contributed by atoms with van der Waals surface area (Å²) in [5, 5.41) is 3.46. The van der Waals surface area contributed by atoms with Crippen molar-refractivity contribution in [2.45, 2.75) is 48.2 Å². The van der Waals surface area contributed by atoms with Crippen molar-refractivity contribution in [1.82, 2.24) is 10.0 Å². The molecule has 1 heterocycles. The second-order valence-corrected chi connectivity index (χ2v) is 9.53. The first-order valence-corrected chi connectivity index (χ1v) is 10.3. The molecule has 7 heteroatoms. The van der Waals surface area contributed by atoms with Crippen LogP contribution in [0.15, 0.2) is 16.3 Å². The van der Waals surface area contributed by atoms with Gasteiger partial charge in [-0.25, -0.2) is 13.1 Å². The van der Waals surface area contributed by atoms with Crippen LogP contribution < -0.4 is 10.0 Å². The molecule has 4 nitrogen and oxygen atoms in total. The van der Waals surface area contributed by atoms with E-state index in [-0.39, 0.29) is 6.04 Å². The fourth-order valence-electron chi connectivity index (χ4n) is 2.50. The molecule has 0 spiro atoms. The molecule has 2 rings (SSSR count). The molecule has 1 aliphatic rings. The second-order valence-electron chi connectivity index (χ2n) is 4.90. The van der Waals surface area contributed by atoms with Crippen molar-refractivity contribution >= 4 is 33.1 Å². The van der Waals surface area contributed by atoms with Crippen LogP contribution in [-0.4, -0.2) is 32.5 Å². The van der Waals surface area contributed by atoms with Gasteiger partial charge in [0.25, 0.3) is 0 Å². The third-order valence-electron chi connectivity index (χ3n) is 3.39. The Labute approximate surface area is 129 Å². The van der Waals surface area contributed by atoms with E-state index in [1.807, 2.05) is 24.9 Å². The molecule has 1 fully saturated rings. The lowest BCUT2D eigenvalue weighted by Gasteiger charge is -2.19. The van der Waals surface area contributed by atoms with E-state index in [1.54, 1.807) is 6.07 Å². The van der Waals surface area contributed by atoms with Crippen molar-refractivity contribution in [3.05, 3.63) is 17.0 Å². The summed E-state index contributed by atoms with van der Waals surface area (Å²) in [6.07, 6.45) is 3.17. The highest BCUT2D eigenvalue weighted by molar-refractivity contribution is 8.00. The number of sulfonamides is 1. The van der Waals surface area contributed by atoms with Crippen molar-refractivity contribution in [2.24, 2.45) is 0 Å². The summed E-state index contributed by atoms with van der Waals surface area (Å²) < 4.78 is 28.2. The van der Waals surface area contributed by atoms with E-state index in [1.165, 1.54) is 11.3 Å². The van der Waals surface area contributed by atoms with Gasteiger partial charge in [-0.3, -0.25) is 0 Å². The SMILES string of the molecule is CCSC1CCCC1NS(=O)(=O)c1ccc(CNC)s1. The van der Waals surface area contributed by atoms with Crippen LogP contribution >= 0.6 is 23.1 Å². The third-order valence-corrected chi connectivity index (χ3v) is 7.79. The standard InChI is InChI=1S/C13H22N2O2S3/c1-3-18-12-6-4-5-11(12)15-20(16,17)13-8-7-10(19-13)9-14-2/h7-8,11-12,14-15H,3-6,9H2,1-2H3. The Morgan fingerprint density at radius 2 is 2.20 bits per heavy atom. The highest BCUT2D eigenvalue weighted by Gasteiger charge is 2.31. The van der Waals surface area contributed by atoms with Crippen molar-refractivity contribution in [2.75, 3.05) is 12.8 Å². The zero-order valence-electron chi connectivity index (χ0n) is 11.9. The van der Waals surface area contributed by atoms with E-state index in [0.717, 1.165) is 29.9 Å². The summed E-state index contributed by atoms with van der Waals surface area (Å²) in [5.41, 5.74) is 0. The maximum atomic E-state index is 12.4. The van der Waals surface area contributed by atoms with Crippen molar-refractivity contribution < 1.29 is 8.42 Å². The van der Waals surface area contributed by atoms with E-state index in [4.69, 9.17) is 0 Å². The van der Waals surface area contributed by atoms with Crippen LogP contribution in [-0.2, 0) is 16.6 Å². The van der Waals surface area contributed by atoms with Gasteiger partial charge in [-0.1, -0.05) is 13.3 Å². The highest BCUT2D eigenvalue weighted by atomic mass is 32.2. The fraction of sp³-hybridized carbons (Fsp3) is 0.692. The molecular weight excluding hydrogens is 312 g/mol. The molecule has 0 saturated heterocycles. The summed E-state index contributed by atoms with van der Waals surface area (Å²) in [6, 6.07) is 3.67. The van der Waals surface area contributed by atoms with Crippen LogP contribution in [0.25, 0.3) is 0 Å². The topological polar surface area (TPSA) is 58.2 Å². The van der Waals surface area contributed by atoms with Crippen LogP contribution in [0, 0.1) is 0 Å². The zero-order chi connectivity index (χ0) is 14.6. The Morgan fingerprint density at radius 1 is 1.40 bits per heavy atom. The molecule has 0 bridgehead atoms. The van der Waals surface area contributed by atoms with Gasteiger partial charge >= 0.3 is 0 Å². The number of nitrogens with one attached hydrogen (secondary N) is 2. The van der Waals surface area contributed by atoms with E-state index in [0.29, 0.717) is 16.0 Å².